The summed E-state index contributed by atoms with van der Waals surface area (Å²) in [5.74, 6) is -1.75. The summed E-state index contributed by atoms with van der Waals surface area (Å²) in [4.78, 5) is 26.7. The van der Waals surface area contributed by atoms with E-state index in [1.807, 2.05) is 6.92 Å². The number of carbonyl (C=O) groups excluding carboxylic acids is 2. The minimum Gasteiger partial charge on any atom is -0.465 e. The van der Waals surface area contributed by atoms with Gasteiger partial charge >= 0.3 is 11.9 Å². The van der Waals surface area contributed by atoms with Crippen molar-refractivity contribution in [3.63, 3.8) is 0 Å². The molecule has 8 heteroatoms. The van der Waals surface area contributed by atoms with E-state index in [9.17, 15) is 18.0 Å². The average molecular weight is 458 g/mol. The lowest BCUT2D eigenvalue weighted by Crippen LogP contribution is -2.48. The third kappa shape index (κ3) is 3.84. The molecule has 0 spiro atoms. The Labute approximate surface area is 188 Å². The van der Waals surface area contributed by atoms with E-state index in [0.29, 0.717) is 5.56 Å². The van der Waals surface area contributed by atoms with E-state index >= 15 is 0 Å². The van der Waals surface area contributed by atoms with Crippen LogP contribution in [0.15, 0.2) is 71.6 Å². The molecule has 0 aliphatic carbocycles. The topological polar surface area (TPSA) is 90.0 Å². The summed E-state index contributed by atoms with van der Waals surface area (Å²) in [5, 5.41) is 0. The summed E-state index contributed by atoms with van der Waals surface area (Å²) < 4.78 is 39.1. The second-order valence-corrected chi connectivity index (χ2v) is 9.42. The number of sulfonamides is 1. The van der Waals surface area contributed by atoms with Crippen LogP contribution in [0, 0.1) is 12.3 Å². The van der Waals surface area contributed by atoms with Gasteiger partial charge in [0.2, 0.25) is 15.4 Å². The number of esters is 2. The van der Waals surface area contributed by atoms with Crippen LogP contribution in [0.1, 0.15) is 31.0 Å². The van der Waals surface area contributed by atoms with Crippen LogP contribution >= 0.6 is 0 Å². The molecule has 1 unspecified atom stereocenters. The van der Waals surface area contributed by atoms with Crippen LogP contribution in [0.3, 0.4) is 0 Å². The van der Waals surface area contributed by atoms with Crippen LogP contribution in [-0.4, -0.2) is 44.4 Å². The number of nitrogens with zero attached hydrogens (tertiary/aromatic N) is 1. The fraction of sp³-hybridized carbons (Fsp3) is 0.333. The van der Waals surface area contributed by atoms with Gasteiger partial charge in [0.05, 0.1) is 24.2 Å². The van der Waals surface area contributed by atoms with Crippen molar-refractivity contribution in [2.75, 3.05) is 19.8 Å². The summed E-state index contributed by atoms with van der Waals surface area (Å²) in [5.41, 5.74) is -0.547. The Balaban J connectivity index is 2.28. The maximum atomic E-state index is 13.7. The quantitative estimate of drug-likeness (QED) is 0.360. The van der Waals surface area contributed by atoms with Crippen LogP contribution in [0.2, 0.25) is 0 Å². The molecule has 3 rings (SSSR count). The first-order valence-electron chi connectivity index (χ1n) is 10.4. The highest BCUT2D eigenvalue weighted by Gasteiger charge is 2.65. The Morgan fingerprint density at radius 2 is 1.53 bits per heavy atom. The van der Waals surface area contributed by atoms with Gasteiger partial charge in [-0.1, -0.05) is 54.6 Å². The number of carbonyl (C=O) groups is 2. The van der Waals surface area contributed by atoms with E-state index in [1.54, 1.807) is 56.3 Å². The smallest absolute Gasteiger partial charge is 0.329 e. The zero-order valence-corrected chi connectivity index (χ0v) is 19.2. The zero-order chi connectivity index (χ0) is 23.5. The highest BCUT2D eigenvalue weighted by Crippen LogP contribution is 2.53. The Hall–Kier alpha value is -2.97. The molecule has 32 heavy (non-hydrogen) atoms. The molecule has 1 aliphatic rings. The second kappa shape index (κ2) is 9.26. The minimum atomic E-state index is -4.10. The predicted molar refractivity (Wildman–Crippen MR) is 119 cm³/mol. The molecule has 0 saturated carbocycles. The van der Waals surface area contributed by atoms with Crippen molar-refractivity contribution in [2.45, 2.75) is 31.7 Å². The number of ether oxygens (including phenoxy) is 2. The molecule has 0 aromatic heterocycles. The van der Waals surface area contributed by atoms with Gasteiger partial charge in [-0.2, -0.15) is 4.31 Å². The first-order chi connectivity index (χ1) is 15.2. The molecule has 2 aromatic carbocycles. The van der Waals surface area contributed by atoms with E-state index in [-0.39, 0.29) is 30.2 Å². The zero-order valence-electron chi connectivity index (χ0n) is 18.4. The lowest BCUT2D eigenvalue weighted by atomic mass is 9.74. The third-order valence-electron chi connectivity index (χ3n) is 5.54. The summed E-state index contributed by atoms with van der Waals surface area (Å²) in [6.45, 7) is 8.84. The van der Waals surface area contributed by atoms with Crippen molar-refractivity contribution >= 4 is 22.0 Å². The van der Waals surface area contributed by atoms with Gasteiger partial charge in [0.25, 0.3) is 0 Å². The molecule has 0 radical (unpaired) electrons. The van der Waals surface area contributed by atoms with Gasteiger partial charge in [-0.15, -0.1) is 0 Å². The molecule has 170 valence electrons. The number of rotatable bonds is 7. The molecule has 0 bridgehead atoms. The Bertz CT molecular complexity index is 1090. The van der Waals surface area contributed by atoms with Gasteiger partial charge in [-0.05, 0) is 44.0 Å². The first-order valence-corrected chi connectivity index (χ1v) is 11.8. The molecule has 0 amide bonds. The van der Waals surface area contributed by atoms with Crippen molar-refractivity contribution in [1.82, 2.24) is 4.31 Å². The van der Waals surface area contributed by atoms with Gasteiger partial charge in [0.1, 0.15) is 0 Å². The lowest BCUT2D eigenvalue weighted by molar-refractivity contribution is -0.170. The molecular formula is C24H27NO6S. The average Bonchev–Trinajstić information content (AvgIpc) is 3.09. The van der Waals surface area contributed by atoms with Gasteiger partial charge in [0, 0.05) is 6.54 Å². The van der Waals surface area contributed by atoms with Gasteiger partial charge in [-0.3, -0.25) is 9.59 Å². The number of hydrogen-bond acceptors (Lipinski definition) is 6. The summed E-state index contributed by atoms with van der Waals surface area (Å²) in [6, 6.07) is 13.7. The molecule has 1 saturated heterocycles. The van der Waals surface area contributed by atoms with Crippen molar-refractivity contribution in [1.29, 1.82) is 0 Å². The van der Waals surface area contributed by atoms with Crippen molar-refractivity contribution in [3.8, 4) is 0 Å². The monoisotopic (exact) mass is 457 g/mol. The molecule has 2 aromatic rings. The van der Waals surface area contributed by atoms with Crippen LogP contribution < -0.4 is 0 Å². The number of benzene rings is 2. The van der Waals surface area contributed by atoms with Crippen LogP contribution in [-0.2, 0) is 29.1 Å². The number of aryl methyl sites for hydroxylation is 1. The highest BCUT2D eigenvalue weighted by atomic mass is 32.2. The first kappa shape index (κ1) is 23.7. The standard InChI is InChI=1S/C24H27NO6S/c1-5-30-22(26)24(23(27)31-6-2)18(4)16-25(21(24)19-10-8-7-9-11-19)32(28,29)20-14-12-17(3)13-15-20/h7-15,21H,4-6,16H2,1-3H3. The summed E-state index contributed by atoms with van der Waals surface area (Å²) >= 11 is 0. The summed E-state index contributed by atoms with van der Waals surface area (Å²) in [6.07, 6.45) is 0. The molecule has 7 nitrogen and oxygen atoms in total. The Kier molecular flexibility index (Phi) is 6.85. The molecule has 1 aliphatic heterocycles. The maximum absolute atomic E-state index is 13.7. The van der Waals surface area contributed by atoms with E-state index in [2.05, 4.69) is 6.58 Å². The lowest BCUT2D eigenvalue weighted by Gasteiger charge is -2.34. The highest BCUT2D eigenvalue weighted by molar-refractivity contribution is 7.89. The normalized spacial score (nSPS) is 18.3. The second-order valence-electron chi connectivity index (χ2n) is 7.53. The van der Waals surface area contributed by atoms with Gasteiger partial charge in [-0.25, -0.2) is 8.42 Å². The van der Waals surface area contributed by atoms with Crippen LogP contribution in [0.4, 0.5) is 0 Å². The maximum Gasteiger partial charge on any atom is 0.329 e. The van der Waals surface area contributed by atoms with Crippen molar-refractivity contribution in [3.05, 3.63) is 77.9 Å². The van der Waals surface area contributed by atoms with Gasteiger partial charge < -0.3 is 9.47 Å². The van der Waals surface area contributed by atoms with E-state index in [4.69, 9.17) is 9.47 Å². The SMILES string of the molecule is C=C1CN(S(=O)(=O)c2ccc(C)cc2)C(c2ccccc2)C1(C(=O)OCC)C(=O)OCC. The molecule has 1 fully saturated rings. The fourth-order valence-corrected chi connectivity index (χ4v) is 5.65. The molecular weight excluding hydrogens is 430 g/mol. The van der Waals surface area contributed by atoms with E-state index < -0.39 is 33.4 Å². The fourth-order valence-electron chi connectivity index (χ4n) is 4.02. The Morgan fingerprint density at radius 1 is 1.00 bits per heavy atom. The van der Waals surface area contributed by atoms with Gasteiger partial charge in [0.15, 0.2) is 0 Å². The molecule has 0 N–H and O–H groups in total. The van der Waals surface area contributed by atoms with Crippen LogP contribution in [0.5, 0.6) is 0 Å². The molecule has 1 heterocycles. The Morgan fingerprint density at radius 3 is 2.03 bits per heavy atom. The van der Waals surface area contributed by atoms with Crippen LogP contribution in [0.25, 0.3) is 0 Å². The largest absolute Gasteiger partial charge is 0.465 e. The van der Waals surface area contributed by atoms with E-state index in [1.165, 1.54) is 12.1 Å². The molecule has 1 atom stereocenters. The van der Waals surface area contributed by atoms with Crippen molar-refractivity contribution < 1.29 is 27.5 Å². The van der Waals surface area contributed by atoms with E-state index in [0.717, 1.165) is 9.87 Å². The minimum absolute atomic E-state index is 0.0134. The third-order valence-corrected chi connectivity index (χ3v) is 7.37. The predicted octanol–water partition coefficient (Wildman–Crippen LogP) is 3.41. The summed E-state index contributed by atoms with van der Waals surface area (Å²) in [7, 11) is -4.10. The van der Waals surface area contributed by atoms with Crippen molar-refractivity contribution in [2.24, 2.45) is 5.41 Å². The number of hydrogen-bond donors (Lipinski definition) is 0.